The molecule has 118 valence electrons. The lowest BCUT2D eigenvalue weighted by Gasteiger charge is -2.27. The van der Waals surface area contributed by atoms with Gasteiger partial charge in [0.2, 0.25) is 0 Å². The SMILES string of the molecule is CCC(N)Cc1cc(Br)ccc1N1CCCC(CC)CC1. The lowest BCUT2D eigenvalue weighted by Crippen LogP contribution is -2.27. The van der Waals surface area contributed by atoms with Gasteiger partial charge in [0, 0.05) is 29.3 Å². The fraction of sp³-hybridized carbons (Fsp3) is 0.667. The van der Waals surface area contributed by atoms with Crippen molar-refractivity contribution in [3.63, 3.8) is 0 Å². The Morgan fingerprint density at radius 1 is 1.29 bits per heavy atom. The van der Waals surface area contributed by atoms with Crippen LogP contribution in [0.4, 0.5) is 5.69 Å². The molecule has 0 aliphatic carbocycles. The van der Waals surface area contributed by atoms with Crippen molar-refractivity contribution < 1.29 is 0 Å². The van der Waals surface area contributed by atoms with Crippen LogP contribution in [0.15, 0.2) is 22.7 Å². The number of nitrogens with two attached hydrogens (primary N) is 1. The summed E-state index contributed by atoms with van der Waals surface area (Å²) in [4.78, 5) is 2.58. The van der Waals surface area contributed by atoms with Gasteiger partial charge in [-0.3, -0.25) is 0 Å². The number of anilines is 1. The second-order valence-corrected chi connectivity index (χ2v) is 7.25. The molecule has 0 saturated carbocycles. The molecule has 0 spiro atoms. The Kier molecular flexibility index (Phi) is 6.56. The highest BCUT2D eigenvalue weighted by Gasteiger charge is 2.18. The third-order valence-corrected chi connectivity index (χ3v) is 5.31. The quantitative estimate of drug-likeness (QED) is 0.828. The van der Waals surface area contributed by atoms with Gasteiger partial charge in [-0.2, -0.15) is 0 Å². The van der Waals surface area contributed by atoms with Crippen LogP contribution in [0.2, 0.25) is 0 Å². The van der Waals surface area contributed by atoms with E-state index in [1.807, 2.05) is 0 Å². The van der Waals surface area contributed by atoms with Crippen LogP contribution in [0, 0.1) is 5.92 Å². The lowest BCUT2D eigenvalue weighted by molar-refractivity contribution is 0.459. The molecule has 0 bridgehead atoms. The summed E-state index contributed by atoms with van der Waals surface area (Å²) < 4.78 is 1.16. The van der Waals surface area contributed by atoms with Crippen LogP contribution < -0.4 is 10.6 Å². The molecular formula is C18H29BrN2. The number of halogens is 1. The Hall–Kier alpha value is -0.540. The summed E-state index contributed by atoms with van der Waals surface area (Å²) in [5, 5.41) is 0. The van der Waals surface area contributed by atoms with Gasteiger partial charge < -0.3 is 10.6 Å². The first-order valence-electron chi connectivity index (χ1n) is 8.43. The molecule has 2 nitrogen and oxygen atoms in total. The molecule has 1 aromatic rings. The molecule has 1 aliphatic rings. The van der Waals surface area contributed by atoms with Crippen molar-refractivity contribution in [2.45, 2.75) is 58.4 Å². The number of nitrogens with zero attached hydrogens (tertiary/aromatic N) is 1. The molecule has 2 N–H and O–H groups in total. The highest BCUT2D eigenvalue weighted by Crippen LogP contribution is 2.29. The smallest absolute Gasteiger partial charge is 0.0400 e. The fourth-order valence-electron chi connectivity index (χ4n) is 3.27. The van der Waals surface area contributed by atoms with Crippen molar-refractivity contribution in [3.8, 4) is 0 Å². The van der Waals surface area contributed by atoms with Crippen LogP contribution in [0.3, 0.4) is 0 Å². The van der Waals surface area contributed by atoms with E-state index in [-0.39, 0.29) is 6.04 Å². The van der Waals surface area contributed by atoms with E-state index in [1.165, 1.54) is 50.0 Å². The van der Waals surface area contributed by atoms with Gasteiger partial charge >= 0.3 is 0 Å². The van der Waals surface area contributed by atoms with Gasteiger partial charge in [0.05, 0.1) is 0 Å². The first-order chi connectivity index (χ1) is 10.1. The molecular weight excluding hydrogens is 324 g/mol. The molecule has 1 aromatic carbocycles. The maximum Gasteiger partial charge on any atom is 0.0400 e. The van der Waals surface area contributed by atoms with Crippen molar-refractivity contribution in [2.24, 2.45) is 11.7 Å². The molecule has 1 fully saturated rings. The molecule has 0 radical (unpaired) electrons. The number of rotatable bonds is 5. The van der Waals surface area contributed by atoms with E-state index < -0.39 is 0 Å². The largest absolute Gasteiger partial charge is 0.371 e. The molecule has 1 heterocycles. The van der Waals surface area contributed by atoms with Gasteiger partial charge in [-0.15, -0.1) is 0 Å². The third kappa shape index (κ3) is 4.72. The molecule has 0 amide bonds. The molecule has 2 unspecified atom stereocenters. The first-order valence-corrected chi connectivity index (χ1v) is 9.22. The van der Waals surface area contributed by atoms with Crippen LogP contribution in [0.5, 0.6) is 0 Å². The van der Waals surface area contributed by atoms with E-state index in [0.717, 1.165) is 23.2 Å². The molecule has 2 rings (SSSR count). The summed E-state index contributed by atoms with van der Waals surface area (Å²) in [5.74, 6) is 0.909. The standard InChI is InChI=1S/C18H29BrN2/c1-3-14-6-5-10-21(11-9-14)18-8-7-16(19)12-15(18)13-17(20)4-2/h7-8,12,14,17H,3-6,9-11,13,20H2,1-2H3. The van der Waals surface area contributed by atoms with Gasteiger partial charge in [-0.1, -0.05) is 36.2 Å². The Labute approximate surface area is 138 Å². The molecule has 1 saturated heterocycles. The van der Waals surface area contributed by atoms with Crippen LogP contribution >= 0.6 is 15.9 Å². The molecule has 21 heavy (non-hydrogen) atoms. The van der Waals surface area contributed by atoms with Crippen LogP contribution in [0.1, 0.15) is 51.5 Å². The number of hydrogen-bond donors (Lipinski definition) is 1. The average Bonchev–Trinajstić information content (AvgIpc) is 2.72. The van der Waals surface area contributed by atoms with Crippen LogP contribution in [-0.2, 0) is 6.42 Å². The number of benzene rings is 1. The first kappa shape index (κ1) is 16.8. The molecule has 1 aliphatic heterocycles. The normalized spacial score (nSPS) is 21.1. The lowest BCUT2D eigenvalue weighted by atomic mass is 9.98. The topological polar surface area (TPSA) is 29.3 Å². The van der Waals surface area contributed by atoms with Crippen molar-refractivity contribution >= 4 is 21.6 Å². The molecule has 3 heteroatoms. The minimum absolute atomic E-state index is 0.258. The zero-order valence-electron chi connectivity index (χ0n) is 13.4. The average molecular weight is 353 g/mol. The molecule has 0 aromatic heterocycles. The third-order valence-electron chi connectivity index (χ3n) is 4.81. The van der Waals surface area contributed by atoms with Gasteiger partial charge in [0.15, 0.2) is 0 Å². The summed E-state index contributed by atoms with van der Waals surface area (Å²) in [5.41, 5.74) is 8.99. The van der Waals surface area contributed by atoms with Crippen LogP contribution in [0.25, 0.3) is 0 Å². The summed E-state index contributed by atoms with van der Waals surface area (Å²) in [6, 6.07) is 6.95. The summed E-state index contributed by atoms with van der Waals surface area (Å²) >= 11 is 3.61. The van der Waals surface area contributed by atoms with Gasteiger partial charge in [0.1, 0.15) is 0 Å². The Morgan fingerprint density at radius 3 is 2.81 bits per heavy atom. The van der Waals surface area contributed by atoms with E-state index in [9.17, 15) is 0 Å². The maximum absolute atomic E-state index is 6.19. The molecule has 2 atom stereocenters. The highest BCUT2D eigenvalue weighted by molar-refractivity contribution is 9.10. The Balaban J connectivity index is 2.17. The van der Waals surface area contributed by atoms with E-state index in [2.05, 4.69) is 52.9 Å². The van der Waals surface area contributed by atoms with Crippen LogP contribution in [-0.4, -0.2) is 19.1 Å². The van der Waals surface area contributed by atoms with E-state index >= 15 is 0 Å². The second-order valence-electron chi connectivity index (χ2n) is 6.34. The minimum Gasteiger partial charge on any atom is -0.371 e. The summed E-state index contributed by atoms with van der Waals surface area (Å²) in [7, 11) is 0. The highest BCUT2D eigenvalue weighted by atomic mass is 79.9. The zero-order valence-corrected chi connectivity index (χ0v) is 15.0. The maximum atomic E-state index is 6.19. The minimum atomic E-state index is 0.258. The Bertz CT molecular complexity index is 447. The van der Waals surface area contributed by atoms with E-state index in [0.29, 0.717) is 0 Å². The van der Waals surface area contributed by atoms with Crippen molar-refractivity contribution in [2.75, 3.05) is 18.0 Å². The number of hydrogen-bond acceptors (Lipinski definition) is 2. The van der Waals surface area contributed by atoms with Crippen molar-refractivity contribution in [1.29, 1.82) is 0 Å². The fourth-order valence-corrected chi connectivity index (χ4v) is 3.68. The second kappa shape index (κ2) is 8.19. The zero-order chi connectivity index (χ0) is 15.2. The van der Waals surface area contributed by atoms with E-state index in [4.69, 9.17) is 5.73 Å². The van der Waals surface area contributed by atoms with Crippen molar-refractivity contribution in [1.82, 2.24) is 0 Å². The predicted octanol–water partition coefficient (Wildman–Crippen LogP) is 4.75. The summed E-state index contributed by atoms with van der Waals surface area (Å²) in [6.45, 7) is 6.87. The van der Waals surface area contributed by atoms with Gasteiger partial charge in [0.25, 0.3) is 0 Å². The summed E-state index contributed by atoms with van der Waals surface area (Å²) in [6.07, 6.45) is 7.34. The monoisotopic (exact) mass is 352 g/mol. The van der Waals surface area contributed by atoms with E-state index in [1.54, 1.807) is 0 Å². The van der Waals surface area contributed by atoms with Gasteiger partial charge in [-0.25, -0.2) is 0 Å². The predicted molar refractivity (Wildman–Crippen MR) is 96.0 cm³/mol. The van der Waals surface area contributed by atoms with Crippen molar-refractivity contribution in [3.05, 3.63) is 28.2 Å². The Morgan fingerprint density at radius 2 is 2.10 bits per heavy atom. The van der Waals surface area contributed by atoms with Gasteiger partial charge in [-0.05, 0) is 61.8 Å².